The fraction of sp³-hybridized carbons (Fsp3) is 0.667. The highest BCUT2D eigenvalue weighted by Crippen LogP contribution is 2.14. The highest BCUT2D eigenvalue weighted by molar-refractivity contribution is 7.09. The fourth-order valence-electron chi connectivity index (χ4n) is 2.49. The van der Waals surface area contributed by atoms with Gasteiger partial charge in [-0.05, 0) is 24.3 Å². The Labute approximate surface area is 130 Å². The van der Waals surface area contributed by atoms with Crippen molar-refractivity contribution in [3.63, 3.8) is 0 Å². The molecular weight excluding hydrogens is 288 g/mol. The minimum Gasteiger partial charge on any atom is -0.394 e. The number of amides is 1. The largest absolute Gasteiger partial charge is 0.394 e. The lowest BCUT2D eigenvalue weighted by molar-refractivity contribution is -0.132. The molecule has 1 fully saturated rings. The van der Waals surface area contributed by atoms with Gasteiger partial charge in [-0.3, -0.25) is 9.69 Å². The molecule has 1 amide bonds. The molecule has 0 atom stereocenters. The van der Waals surface area contributed by atoms with E-state index in [0.29, 0.717) is 19.7 Å². The van der Waals surface area contributed by atoms with Crippen molar-refractivity contribution >= 4 is 17.2 Å². The molecule has 6 heteroatoms. The minimum atomic E-state index is 0.0756. The molecule has 2 rings (SSSR count). The van der Waals surface area contributed by atoms with Gasteiger partial charge in [0.05, 0.1) is 32.4 Å². The molecule has 21 heavy (non-hydrogen) atoms. The fourth-order valence-corrected chi connectivity index (χ4v) is 3.25. The van der Waals surface area contributed by atoms with Crippen molar-refractivity contribution in [2.75, 3.05) is 39.9 Å². The lowest BCUT2D eigenvalue weighted by Gasteiger charge is -2.32. The number of nitrogens with zero attached hydrogens (tertiary/aromatic N) is 2. The summed E-state index contributed by atoms with van der Waals surface area (Å²) in [7, 11) is 1.86. The third-order valence-electron chi connectivity index (χ3n) is 3.74. The molecule has 1 saturated heterocycles. The first-order valence-corrected chi connectivity index (χ1v) is 8.28. The molecule has 5 nitrogen and oxygen atoms in total. The molecule has 1 aliphatic heterocycles. The molecule has 0 aromatic carbocycles. The van der Waals surface area contributed by atoms with E-state index in [4.69, 9.17) is 9.84 Å². The summed E-state index contributed by atoms with van der Waals surface area (Å²) in [5.74, 6) is 0.165. The Hall–Kier alpha value is -0.950. The molecule has 2 heterocycles. The summed E-state index contributed by atoms with van der Waals surface area (Å²) in [6.45, 7) is 3.42. The van der Waals surface area contributed by atoms with Crippen LogP contribution in [-0.4, -0.2) is 66.8 Å². The molecule has 1 aromatic rings. The molecule has 1 aromatic heterocycles. The zero-order valence-corrected chi connectivity index (χ0v) is 13.3. The van der Waals surface area contributed by atoms with Crippen LogP contribution in [0.15, 0.2) is 17.5 Å². The number of carbonyl (C=O) groups is 1. The quantitative estimate of drug-likeness (QED) is 0.821. The Bertz CT molecular complexity index is 417. The van der Waals surface area contributed by atoms with E-state index in [-0.39, 0.29) is 18.6 Å². The standard InChI is InChI=1S/C15H24N2O3S/c1-16(11-14-3-2-10-21-14)15(19)12-17-6-4-13(5-7-17)20-9-8-18/h2-3,10,13,18H,4-9,11-12H2,1H3. The van der Waals surface area contributed by atoms with E-state index < -0.39 is 0 Å². The number of hydrogen-bond acceptors (Lipinski definition) is 5. The number of carbonyl (C=O) groups excluding carboxylic acids is 1. The van der Waals surface area contributed by atoms with Crippen molar-refractivity contribution in [1.29, 1.82) is 0 Å². The van der Waals surface area contributed by atoms with Crippen molar-refractivity contribution in [2.24, 2.45) is 0 Å². The van der Waals surface area contributed by atoms with Gasteiger partial charge in [0.15, 0.2) is 0 Å². The lowest BCUT2D eigenvalue weighted by atomic mass is 10.1. The maximum absolute atomic E-state index is 12.2. The maximum atomic E-state index is 12.2. The maximum Gasteiger partial charge on any atom is 0.236 e. The van der Waals surface area contributed by atoms with E-state index in [1.807, 2.05) is 18.5 Å². The molecule has 1 N–H and O–H groups in total. The van der Waals surface area contributed by atoms with Gasteiger partial charge in [0.1, 0.15) is 0 Å². The number of rotatable bonds is 7. The molecule has 0 radical (unpaired) electrons. The summed E-state index contributed by atoms with van der Waals surface area (Å²) in [5, 5.41) is 10.8. The second kappa shape index (κ2) is 8.48. The summed E-state index contributed by atoms with van der Waals surface area (Å²) in [5.41, 5.74) is 0. The number of piperidine rings is 1. The van der Waals surface area contributed by atoms with E-state index in [0.717, 1.165) is 25.9 Å². The molecule has 0 saturated carbocycles. The summed E-state index contributed by atoms with van der Waals surface area (Å²) in [6, 6.07) is 4.06. The van der Waals surface area contributed by atoms with Gasteiger partial charge in [0.25, 0.3) is 0 Å². The third kappa shape index (κ3) is 5.39. The van der Waals surface area contributed by atoms with E-state index in [2.05, 4.69) is 11.0 Å². The van der Waals surface area contributed by atoms with Crippen LogP contribution >= 0.6 is 11.3 Å². The number of aliphatic hydroxyl groups excluding tert-OH is 1. The SMILES string of the molecule is CN(Cc1cccs1)C(=O)CN1CCC(OCCO)CC1. The monoisotopic (exact) mass is 312 g/mol. The Morgan fingerprint density at radius 3 is 2.90 bits per heavy atom. The Kier molecular flexibility index (Phi) is 6.63. The summed E-state index contributed by atoms with van der Waals surface area (Å²) >= 11 is 1.68. The minimum absolute atomic E-state index is 0.0756. The molecule has 118 valence electrons. The zero-order chi connectivity index (χ0) is 15.1. The smallest absolute Gasteiger partial charge is 0.236 e. The van der Waals surface area contributed by atoms with Crippen molar-refractivity contribution in [2.45, 2.75) is 25.5 Å². The highest BCUT2D eigenvalue weighted by Gasteiger charge is 2.22. The molecule has 0 aliphatic carbocycles. The number of aliphatic hydroxyl groups is 1. The molecule has 0 spiro atoms. The molecule has 1 aliphatic rings. The van der Waals surface area contributed by atoms with Gasteiger partial charge in [-0.1, -0.05) is 6.07 Å². The van der Waals surface area contributed by atoms with E-state index in [1.165, 1.54) is 4.88 Å². The number of hydrogen-bond donors (Lipinski definition) is 1. The first kappa shape index (κ1) is 16.4. The number of ether oxygens (including phenoxy) is 1. The van der Waals surface area contributed by atoms with Crippen LogP contribution < -0.4 is 0 Å². The predicted octanol–water partition coefficient (Wildman–Crippen LogP) is 1.18. The Balaban J connectivity index is 1.69. The van der Waals surface area contributed by atoms with E-state index in [9.17, 15) is 4.79 Å². The van der Waals surface area contributed by atoms with Crippen molar-refractivity contribution < 1.29 is 14.6 Å². The van der Waals surface area contributed by atoms with Crippen LogP contribution in [0, 0.1) is 0 Å². The lowest BCUT2D eigenvalue weighted by Crippen LogP contribution is -2.43. The van der Waals surface area contributed by atoms with Gasteiger partial charge in [-0.2, -0.15) is 0 Å². The van der Waals surface area contributed by atoms with Crippen LogP contribution in [0.4, 0.5) is 0 Å². The summed E-state index contributed by atoms with van der Waals surface area (Å²) in [6.07, 6.45) is 2.09. The van der Waals surface area contributed by atoms with Crippen LogP contribution in [0.5, 0.6) is 0 Å². The molecule has 0 unspecified atom stereocenters. The van der Waals surface area contributed by atoms with Gasteiger partial charge in [-0.25, -0.2) is 0 Å². The van der Waals surface area contributed by atoms with Crippen molar-refractivity contribution in [1.82, 2.24) is 9.80 Å². The predicted molar refractivity (Wildman–Crippen MR) is 83.3 cm³/mol. The van der Waals surface area contributed by atoms with Crippen LogP contribution in [0.3, 0.4) is 0 Å². The van der Waals surface area contributed by atoms with Gasteiger partial charge < -0.3 is 14.7 Å². The van der Waals surface area contributed by atoms with Gasteiger partial charge in [0.2, 0.25) is 5.91 Å². The third-order valence-corrected chi connectivity index (χ3v) is 4.60. The second-order valence-electron chi connectivity index (χ2n) is 5.40. The Morgan fingerprint density at radius 2 is 2.29 bits per heavy atom. The number of thiophene rings is 1. The van der Waals surface area contributed by atoms with Crippen molar-refractivity contribution in [3.05, 3.63) is 22.4 Å². The summed E-state index contributed by atoms with van der Waals surface area (Å²) < 4.78 is 5.53. The zero-order valence-electron chi connectivity index (χ0n) is 12.5. The van der Waals surface area contributed by atoms with Gasteiger partial charge in [-0.15, -0.1) is 11.3 Å². The molecular formula is C15H24N2O3S. The average molecular weight is 312 g/mol. The molecule has 0 bridgehead atoms. The van der Waals surface area contributed by atoms with Gasteiger partial charge in [0, 0.05) is 25.0 Å². The highest BCUT2D eigenvalue weighted by atomic mass is 32.1. The van der Waals surface area contributed by atoms with Crippen LogP contribution in [0.1, 0.15) is 17.7 Å². The second-order valence-corrected chi connectivity index (χ2v) is 6.43. The number of likely N-dealkylation sites (tertiary alicyclic amines) is 1. The van der Waals surface area contributed by atoms with Crippen molar-refractivity contribution in [3.8, 4) is 0 Å². The topological polar surface area (TPSA) is 53.0 Å². The summed E-state index contributed by atoms with van der Waals surface area (Å²) in [4.78, 5) is 17.4. The first-order chi connectivity index (χ1) is 10.2. The number of likely N-dealkylation sites (N-methyl/N-ethyl adjacent to an activating group) is 1. The van der Waals surface area contributed by atoms with Crippen LogP contribution in [0.2, 0.25) is 0 Å². The first-order valence-electron chi connectivity index (χ1n) is 7.40. The Morgan fingerprint density at radius 1 is 1.52 bits per heavy atom. The van der Waals surface area contributed by atoms with Crippen LogP contribution in [-0.2, 0) is 16.1 Å². The van der Waals surface area contributed by atoms with E-state index in [1.54, 1.807) is 16.2 Å². The average Bonchev–Trinajstić information content (AvgIpc) is 2.99. The van der Waals surface area contributed by atoms with Crippen LogP contribution in [0.25, 0.3) is 0 Å². The van der Waals surface area contributed by atoms with E-state index >= 15 is 0 Å². The normalized spacial score (nSPS) is 17.0. The van der Waals surface area contributed by atoms with Gasteiger partial charge >= 0.3 is 0 Å².